The van der Waals surface area contributed by atoms with E-state index in [0.29, 0.717) is 20.9 Å². The van der Waals surface area contributed by atoms with E-state index >= 15 is 0 Å². The number of nitrogens with zero attached hydrogens (tertiary/aromatic N) is 1. The first-order valence-corrected chi connectivity index (χ1v) is 8.54. The first kappa shape index (κ1) is 18.2. The number of H-pyrrole nitrogens is 1. The molecule has 1 heterocycles. The van der Waals surface area contributed by atoms with E-state index in [1.165, 1.54) is 31.4 Å². The van der Waals surface area contributed by atoms with Crippen LogP contribution in [0.5, 0.6) is 5.75 Å². The Morgan fingerprint density at radius 1 is 1.31 bits per heavy atom. The molecule has 0 spiro atoms. The fourth-order valence-corrected chi connectivity index (χ4v) is 2.94. The Bertz CT molecular complexity index is 1110. The van der Waals surface area contributed by atoms with Gasteiger partial charge in [0.1, 0.15) is 5.75 Å². The van der Waals surface area contributed by atoms with Crippen molar-refractivity contribution < 1.29 is 14.6 Å². The van der Waals surface area contributed by atoms with E-state index in [1.807, 2.05) is 0 Å². The molecule has 0 fully saturated rings. The summed E-state index contributed by atoms with van der Waals surface area (Å²) in [5.41, 5.74) is 0.933. The monoisotopic (exact) mass is 434 g/mol. The fraction of sp³-hybridized carbons (Fsp3) is 0.0556. The second-order valence-corrected chi connectivity index (χ2v) is 6.60. The zero-order valence-electron chi connectivity index (χ0n) is 13.4. The van der Waals surface area contributed by atoms with Crippen molar-refractivity contribution in [3.63, 3.8) is 0 Å². The quantitative estimate of drug-likeness (QED) is 0.609. The summed E-state index contributed by atoms with van der Waals surface area (Å²) in [5.74, 6) is -0.257. The third-order valence-corrected chi connectivity index (χ3v) is 4.54. The van der Waals surface area contributed by atoms with E-state index in [9.17, 15) is 14.7 Å². The van der Waals surface area contributed by atoms with Gasteiger partial charge in [0.05, 0.1) is 33.1 Å². The number of nitrogens with one attached hydrogen (secondary N) is 1. The van der Waals surface area contributed by atoms with Crippen LogP contribution in [0.15, 0.2) is 45.7 Å². The minimum Gasteiger partial charge on any atom is -0.507 e. The third-order valence-electron chi connectivity index (χ3n) is 3.62. The molecular weight excluding hydrogens is 424 g/mol. The van der Waals surface area contributed by atoms with E-state index in [0.717, 1.165) is 0 Å². The van der Waals surface area contributed by atoms with Crippen molar-refractivity contribution in [1.82, 2.24) is 9.97 Å². The maximum atomic E-state index is 12.3. The summed E-state index contributed by atoms with van der Waals surface area (Å²) in [5, 5.41) is 10.1. The summed E-state index contributed by atoms with van der Waals surface area (Å²) < 4.78 is 5.19. The summed E-state index contributed by atoms with van der Waals surface area (Å²) in [6, 6.07) is 9.33. The molecular formula is C18H12BrClN2O4. The number of methoxy groups -OCH3 is 1. The van der Waals surface area contributed by atoms with Crippen LogP contribution >= 0.6 is 27.5 Å². The van der Waals surface area contributed by atoms with Gasteiger partial charge in [0.2, 0.25) is 0 Å². The van der Waals surface area contributed by atoms with Gasteiger partial charge < -0.3 is 14.8 Å². The van der Waals surface area contributed by atoms with Gasteiger partial charge in [-0.15, -0.1) is 0 Å². The lowest BCUT2D eigenvalue weighted by Gasteiger charge is -2.05. The number of rotatable bonds is 3. The van der Waals surface area contributed by atoms with Crippen molar-refractivity contribution in [2.24, 2.45) is 0 Å². The number of phenols is 1. The highest BCUT2D eigenvalue weighted by Gasteiger charge is 2.11. The zero-order chi connectivity index (χ0) is 18.8. The Balaban J connectivity index is 2.08. The molecule has 1 aromatic heterocycles. The minimum absolute atomic E-state index is 0.103. The van der Waals surface area contributed by atoms with Crippen molar-refractivity contribution in [2.75, 3.05) is 7.11 Å². The molecule has 6 nitrogen and oxygen atoms in total. The van der Waals surface area contributed by atoms with Crippen molar-refractivity contribution in [3.05, 3.63) is 68.2 Å². The van der Waals surface area contributed by atoms with Crippen molar-refractivity contribution in [1.29, 1.82) is 0 Å². The summed E-state index contributed by atoms with van der Waals surface area (Å²) in [6.45, 7) is 0. The molecule has 0 bridgehead atoms. The van der Waals surface area contributed by atoms with E-state index in [1.54, 1.807) is 18.2 Å². The maximum absolute atomic E-state index is 12.3. The lowest BCUT2D eigenvalue weighted by atomic mass is 10.1. The molecule has 0 atom stereocenters. The van der Waals surface area contributed by atoms with Crippen molar-refractivity contribution in [3.8, 4) is 5.75 Å². The number of esters is 1. The fourth-order valence-electron chi connectivity index (χ4n) is 2.32. The number of benzene rings is 2. The standard InChI is InChI=1S/C18H12BrClN2O4/c1-26-18(25)10-3-4-11-14(8-10)21-16(22-17(11)24)13(20)7-9-2-5-15(23)12(19)6-9/h2-8,23H,1H3,(H,21,22,24)/b13-7-. The zero-order valence-corrected chi connectivity index (χ0v) is 15.8. The van der Waals surface area contributed by atoms with Gasteiger partial charge in [-0.25, -0.2) is 9.78 Å². The van der Waals surface area contributed by atoms with Crippen LogP contribution in [0.1, 0.15) is 21.7 Å². The molecule has 0 aliphatic carbocycles. The number of ether oxygens (including phenoxy) is 1. The number of carbonyl (C=O) groups is 1. The molecule has 0 unspecified atom stereocenters. The van der Waals surface area contributed by atoms with Crippen LogP contribution in [-0.2, 0) is 4.74 Å². The highest BCUT2D eigenvalue weighted by atomic mass is 79.9. The Kier molecular flexibility index (Phi) is 5.11. The lowest BCUT2D eigenvalue weighted by molar-refractivity contribution is 0.0601. The molecule has 0 saturated carbocycles. The molecule has 2 aromatic carbocycles. The predicted octanol–water partition coefficient (Wildman–Crippen LogP) is 3.91. The number of fused-ring (bicyclic) bond motifs is 1. The minimum atomic E-state index is -0.522. The van der Waals surface area contributed by atoms with Crippen molar-refractivity contribution in [2.45, 2.75) is 0 Å². The Hall–Kier alpha value is -2.64. The van der Waals surface area contributed by atoms with Gasteiger partial charge >= 0.3 is 5.97 Å². The van der Waals surface area contributed by atoms with Gasteiger partial charge in [-0.1, -0.05) is 17.7 Å². The number of aromatic nitrogens is 2. The molecule has 0 saturated heterocycles. The molecule has 0 aliphatic heterocycles. The molecule has 0 aliphatic rings. The Morgan fingerprint density at radius 3 is 2.77 bits per heavy atom. The number of carbonyl (C=O) groups excluding carboxylic acids is 1. The smallest absolute Gasteiger partial charge is 0.337 e. The number of halogens is 2. The van der Waals surface area contributed by atoms with Crippen LogP contribution in [-0.4, -0.2) is 28.2 Å². The average Bonchev–Trinajstić information content (AvgIpc) is 2.63. The second kappa shape index (κ2) is 7.31. The summed E-state index contributed by atoms with van der Waals surface area (Å²) >= 11 is 9.52. The van der Waals surface area contributed by atoms with Crippen LogP contribution in [0.3, 0.4) is 0 Å². The average molecular weight is 436 g/mol. The lowest BCUT2D eigenvalue weighted by Crippen LogP contribution is -2.11. The van der Waals surface area contributed by atoms with E-state index in [2.05, 4.69) is 30.6 Å². The first-order chi connectivity index (χ1) is 12.4. The van der Waals surface area contributed by atoms with Crippen LogP contribution in [0.2, 0.25) is 0 Å². The van der Waals surface area contributed by atoms with Crippen molar-refractivity contribution >= 4 is 55.5 Å². The third kappa shape index (κ3) is 3.63. The van der Waals surface area contributed by atoms with Crippen LogP contribution < -0.4 is 5.56 Å². The van der Waals surface area contributed by atoms with Gasteiger partial charge in [0.15, 0.2) is 5.82 Å². The van der Waals surface area contributed by atoms with Gasteiger partial charge in [0.25, 0.3) is 5.56 Å². The number of phenolic OH excluding ortho intramolecular Hbond substituents is 1. The molecule has 3 aromatic rings. The number of hydrogen-bond acceptors (Lipinski definition) is 5. The van der Waals surface area contributed by atoms with Gasteiger partial charge in [0, 0.05) is 0 Å². The molecule has 0 amide bonds. The highest BCUT2D eigenvalue weighted by Crippen LogP contribution is 2.27. The Labute approximate surface area is 161 Å². The van der Waals surface area contributed by atoms with Crippen LogP contribution in [0.25, 0.3) is 22.0 Å². The normalized spacial score (nSPS) is 11.6. The molecule has 3 rings (SSSR count). The summed E-state index contributed by atoms with van der Waals surface area (Å²) in [7, 11) is 1.28. The van der Waals surface area contributed by atoms with Crippen LogP contribution in [0.4, 0.5) is 0 Å². The molecule has 0 radical (unpaired) electrons. The van der Waals surface area contributed by atoms with Gasteiger partial charge in [-0.3, -0.25) is 4.79 Å². The molecule has 132 valence electrons. The molecule has 26 heavy (non-hydrogen) atoms. The SMILES string of the molecule is COC(=O)c1ccc2c(=O)[nH]c(/C(Cl)=C/c3ccc(O)c(Br)c3)nc2c1. The predicted molar refractivity (Wildman–Crippen MR) is 103 cm³/mol. The maximum Gasteiger partial charge on any atom is 0.337 e. The Morgan fingerprint density at radius 2 is 2.08 bits per heavy atom. The van der Waals surface area contributed by atoms with Crippen LogP contribution in [0, 0.1) is 0 Å². The van der Waals surface area contributed by atoms with E-state index in [4.69, 9.17) is 11.6 Å². The number of hydrogen-bond donors (Lipinski definition) is 2. The molecule has 8 heteroatoms. The van der Waals surface area contributed by atoms with Gasteiger partial charge in [-0.05, 0) is 57.9 Å². The van der Waals surface area contributed by atoms with E-state index in [-0.39, 0.29) is 27.7 Å². The number of aromatic hydroxyl groups is 1. The van der Waals surface area contributed by atoms with Gasteiger partial charge in [-0.2, -0.15) is 0 Å². The first-order valence-electron chi connectivity index (χ1n) is 7.37. The summed E-state index contributed by atoms with van der Waals surface area (Å²) in [6.07, 6.45) is 1.60. The topological polar surface area (TPSA) is 92.3 Å². The van der Waals surface area contributed by atoms with E-state index < -0.39 is 5.97 Å². The molecule has 2 N–H and O–H groups in total. The summed E-state index contributed by atoms with van der Waals surface area (Å²) in [4.78, 5) is 30.9. The highest BCUT2D eigenvalue weighted by molar-refractivity contribution is 9.10. The number of aromatic amines is 1. The largest absolute Gasteiger partial charge is 0.507 e. The second-order valence-electron chi connectivity index (χ2n) is 5.34.